The number of anilines is 1. The van der Waals surface area contributed by atoms with E-state index in [2.05, 4.69) is 15.2 Å². The number of carbonyl (C=O) groups excluding carboxylic acids is 2. The first-order valence-electron chi connectivity index (χ1n) is 12.2. The zero-order valence-corrected chi connectivity index (χ0v) is 23.9. The minimum absolute atomic E-state index is 0.0482. The quantitative estimate of drug-likeness (QED) is 0.409. The molecule has 13 heteroatoms. The summed E-state index contributed by atoms with van der Waals surface area (Å²) in [4.78, 5) is 36.6. The minimum atomic E-state index is -3.71. The molecule has 204 valence electrons. The molecule has 1 amide bonds. The van der Waals surface area contributed by atoms with Crippen molar-refractivity contribution in [2.45, 2.75) is 51.6 Å². The third kappa shape index (κ3) is 6.42. The summed E-state index contributed by atoms with van der Waals surface area (Å²) < 4.78 is 31.4. The predicted octanol–water partition coefficient (Wildman–Crippen LogP) is 3.40. The van der Waals surface area contributed by atoms with Crippen LogP contribution in [0.3, 0.4) is 0 Å². The lowest BCUT2D eigenvalue weighted by Gasteiger charge is -2.36. The van der Waals surface area contributed by atoms with E-state index in [4.69, 9.17) is 21.3 Å². The number of Topliss-reactive ketones (excluding diaryl/α,β-unsaturated/α-hetero) is 1. The van der Waals surface area contributed by atoms with E-state index in [0.717, 1.165) is 34.8 Å². The maximum Gasteiger partial charge on any atom is 0.253 e. The second kappa shape index (κ2) is 11.5. The van der Waals surface area contributed by atoms with Gasteiger partial charge >= 0.3 is 0 Å². The Kier molecular flexibility index (Phi) is 8.55. The zero-order chi connectivity index (χ0) is 27.6. The van der Waals surface area contributed by atoms with Gasteiger partial charge in [-0.25, -0.2) is 22.4 Å². The van der Waals surface area contributed by atoms with Crippen LogP contribution < -0.4 is 10.2 Å². The lowest BCUT2D eigenvalue weighted by molar-refractivity contribution is -0.117. The topological polar surface area (TPSA) is 123 Å². The van der Waals surface area contributed by atoms with E-state index in [0.29, 0.717) is 10.7 Å². The van der Waals surface area contributed by atoms with Gasteiger partial charge < -0.3 is 15.0 Å². The number of halogens is 1. The van der Waals surface area contributed by atoms with Crippen LogP contribution in [0.15, 0.2) is 35.8 Å². The monoisotopic (exact) mass is 579 g/mol. The fourth-order valence-electron chi connectivity index (χ4n) is 4.09. The van der Waals surface area contributed by atoms with Gasteiger partial charge in [0.05, 0.1) is 47.4 Å². The second-order valence-electron chi connectivity index (χ2n) is 9.51. The van der Waals surface area contributed by atoms with Crippen molar-refractivity contribution < 1.29 is 22.7 Å². The van der Waals surface area contributed by atoms with Crippen LogP contribution in [0, 0.1) is 0 Å². The van der Waals surface area contributed by atoms with E-state index in [-0.39, 0.29) is 41.7 Å². The van der Waals surface area contributed by atoms with Crippen LogP contribution in [0.2, 0.25) is 5.15 Å². The number of pyridine rings is 1. The summed E-state index contributed by atoms with van der Waals surface area (Å²) in [6.45, 7) is 8.41. The van der Waals surface area contributed by atoms with Crippen molar-refractivity contribution in [3.8, 4) is 11.4 Å². The van der Waals surface area contributed by atoms with Crippen molar-refractivity contribution in [1.29, 1.82) is 0 Å². The second-order valence-corrected chi connectivity index (χ2v) is 13.2. The Balaban J connectivity index is 1.35. The number of ether oxygens (including phenoxy) is 1. The lowest BCUT2D eigenvalue weighted by atomic mass is 10.2. The number of morpholine rings is 1. The van der Waals surface area contributed by atoms with Gasteiger partial charge in [0, 0.05) is 24.7 Å². The van der Waals surface area contributed by atoms with Crippen LogP contribution in [0.25, 0.3) is 11.4 Å². The Morgan fingerprint density at radius 3 is 2.58 bits per heavy atom. The van der Waals surface area contributed by atoms with Crippen LogP contribution in [-0.2, 0) is 26.0 Å². The molecule has 3 aromatic rings. The van der Waals surface area contributed by atoms with Gasteiger partial charge in [-0.05, 0) is 45.9 Å². The van der Waals surface area contributed by atoms with Gasteiger partial charge in [-0.2, -0.15) is 0 Å². The number of thiazole rings is 1. The number of hydrogen-bond acceptors (Lipinski definition) is 9. The third-order valence-electron chi connectivity index (χ3n) is 5.96. The van der Waals surface area contributed by atoms with Crippen LogP contribution in [0.4, 0.5) is 5.82 Å². The molecule has 38 heavy (non-hydrogen) atoms. The Morgan fingerprint density at radius 1 is 1.18 bits per heavy atom. The fraction of sp³-hybridized carbons (Fsp3) is 0.440. The Labute approximate surface area is 231 Å². The van der Waals surface area contributed by atoms with Crippen LogP contribution >= 0.6 is 22.9 Å². The van der Waals surface area contributed by atoms with E-state index in [1.165, 1.54) is 31.3 Å². The average molecular weight is 580 g/mol. The first kappa shape index (κ1) is 28.2. The smallest absolute Gasteiger partial charge is 0.253 e. The molecule has 0 aromatic carbocycles. The Bertz CT molecular complexity index is 1430. The summed E-state index contributed by atoms with van der Waals surface area (Å²) in [6.07, 6.45) is 1.44. The molecular weight excluding hydrogens is 550 g/mol. The molecule has 1 aliphatic rings. The highest BCUT2D eigenvalue weighted by Gasteiger charge is 2.25. The van der Waals surface area contributed by atoms with Crippen molar-refractivity contribution in [2.75, 3.05) is 24.5 Å². The summed E-state index contributed by atoms with van der Waals surface area (Å²) >= 11 is 7.37. The lowest BCUT2D eigenvalue weighted by Crippen LogP contribution is -2.45. The van der Waals surface area contributed by atoms with Crippen LogP contribution in [0.5, 0.6) is 0 Å². The number of amides is 1. The van der Waals surface area contributed by atoms with E-state index < -0.39 is 21.2 Å². The number of nitrogens with zero attached hydrogens (tertiary/aromatic N) is 4. The molecule has 4 heterocycles. The molecule has 0 unspecified atom stereocenters. The number of carbonyl (C=O) groups is 2. The van der Waals surface area contributed by atoms with Gasteiger partial charge in [-0.1, -0.05) is 17.7 Å². The van der Waals surface area contributed by atoms with Gasteiger partial charge in [0.1, 0.15) is 16.0 Å². The number of ketones is 1. The summed E-state index contributed by atoms with van der Waals surface area (Å²) in [5.74, 6) is 0.0242. The number of aromatic nitrogens is 3. The van der Waals surface area contributed by atoms with Gasteiger partial charge in [-0.15, -0.1) is 11.3 Å². The maximum atomic E-state index is 12.5. The van der Waals surface area contributed by atoms with Crippen LogP contribution in [-0.4, -0.2) is 71.1 Å². The van der Waals surface area contributed by atoms with Gasteiger partial charge in [0.15, 0.2) is 5.78 Å². The van der Waals surface area contributed by atoms with E-state index in [9.17, 15) is 18.0 Å². The highest BCUT2D eigenvalue weighted by atomic mass is 35.5. The molecule has 1 saturated heterocycles. The van der Waals surface area contributed by atoms with Crippen molar-refractivity contribution in [3.05, 3.63) is 51.6 Å². The van der Waals surface area contributed by atoms with Crippen molar-refractivity contribution in [2.24, 2.45) is 0 Å². The fourth-order valence-corrected chi connectivity index (χ4v) is 6.37. The van der Waals surface area contributed by atoms with Gasteiger partial charge in [-0.3, -0.25) is 9.59 Å². The molecule has 0 aliphatic carbocycles. The summed E-state index contributed by atoms with van der Waals surface area (Å²) in [6, 6.07) is 7.05. The van der Waals surface area contributed by atoms with Gasteiger partial charge in [0.25, 0.3) is 5.91 Å². The maximum absolute atomic E-state index is 12.5. The number of hydrogen-bond donors (Lipinski definition) is 1. The number of rotatable bonds is 9. The van der Waals surface area contributed by atoms with E-state index in [1.54, 1.807) is 0 Å². The Morgan fingerprint density at radius 2 is 1.89 bits per heavy atom. The van der Waals surface area contributed by atoms with Crippen molar-refractivity contribution >= 4 is 50.5 Å². The highest BCUT2D eigenvalue weighted by Crippen LogP contribution is 2.25. The molecular formula is C25H30ClN5O5S2. The van der Waals surface area contributed by atoms with E-state index in [1.807, 2.05) is 37.4 Å². The standard InChI is InChI=1S/C25H30ClN5O5S2/c1-15(2)38(34,35)31-13-18(8-22(31)26)25(33)27-10-19(32)9-24-29-21(14-37-24)20-6-5-7-23(28-20)30-11-16(3)36-17(4)12-30/h5-8,13-17H,9-12H2,1-4H3,(H,27,33)/t16-,17+. The largest absolute Gasteiger partial charge is 0.372 e. The van der Waals surface area contributed by atoms with Crippen molar-refractivity contribution in [1.82, 2.24) is 19.3 Å². The summed E-state index contributed by atoms with van der Waals surface area (Å²) in [5, 5.41) is 4.18. The van der Waals surface area contributed by atoms with E-state index >= 15 is 0 Å². The first-order valence-corrected chi connectivity index (χ1v) is 14.9. The van der Waals surface area contributed by atoms with Gasteiger partial charge in [0.2, 0.25) is 10.0 Å². The summed E-state index contributed by atoms with van der Waals surface area (Å²) in [5.41, 5.74) is 1.45. The zero-order valence-electron chi connectivity index (χ0n) is 21.5. The normalized spacial score (nSPS) is 18.1. The Hall–Kier alpha value is -2.80. The molecule has 1 aliphatic heterocycles. The SMILES string of the molecule is CC(C)S(=O)(=O)n1cc(C(=O)NCC(=O)Cc2nc(-c3cccc(N4C[C@@H](C)O[C@@H](C)C4)n3)cs2)cc1Cl. The minimum Gasteiger partial charge on any atom is -0.372 e. The average Bonchev–Trinajstić information content (AvgIpc) is 3.49. The van der Waals surface area contributed by atoms with Crippen molar-refractivity contribution in [3.63, 3.8) is 0 Å². The third-order valence-corrected chi connectivity index (χ3v) is 9.24. The molecule has 10 nitrogen and oxygen atoms in total. The number of nitrogens with one attached hydrogen (secondary N) is 1. The molecule has 2 atom stereocenters. The first-order chi connectivity index (χ1) is 17.9. The molecule has 0 saturated carbocycles. The molecule has 1 fully saturated rings. The molecule has 3 aromatic heterocycles. The molecule has 1 N–H and O–H groups in total. The summed E-state index contributed by atoms with van der Waals surface area (Å²) in [7, 11) is -3.71. The molecule has 0 bridgehead atoms. The molecule has 0 spiro atoms. The molecule has 0 radical (unpaired) electrons. The van der Waals surface area contributed by atoms with Crippen LogP contribution in [0.1, 0.15) is 43.1 Å². The predicted molar refractivity (Wildman–Crippen MR) is 148 cm³/mol. The molecule has 4 rings (SSSR count). The highest BCUT2D eigenvalue weighted by molar-refractivity contribution is 7.90.